The fraction of sp³-hybridized carbons (Fsp3) is 0.800. The van der Waals surface area contributed by atoms with E-state index in [1.807, 2.05) is 11.8 Å². The Morgan fingerprint density at radius 3 is 2.71 bits per heavy atom. The van der Waals surface area contributed by atoms with Gasteiger partial charge in [0.1, 0.15) is 5.78 Å². The Bertz CT molecular complexity index is 240. The van der Waals surface area contributed by atoms with Crippen molar-refractivity contribution >= 4 is 11.7 Å². The van der Waals surface area contributed by atoms with E-state index < -0.39 is 0 Å². The largest absolute Gasteiger partial charge is 0.368 e. The fourth-order valence-corrected chi connectivity index (χ4v) is 2.16. The normalized spacial score (nSPS) is 24.9. The second-order valence-electron chi connectivity index (χ2n) is 4.05. The van der Waals surface area contributed by atoms with E-state index in [0.29, 0.717) is 6.42 Å². The third-order valence-electron chi connectivity index (χ3n) is 2.77. The Labute approximate surface area is 84.4 Å². The van der Waals surface area contributed by atoms with Gasteiger partial charge < -0.3 is 5.73 Å². The Morgan fingerprint density at radius 1 is 1.57 bits per heavy atom. The SMILES string of the molecule is CC(=O)CC(C)N1CCCC1C(N)=O. The molecular weight excluding hydrogens is 180 g/mol. The van der Waals surface area contributed by atoms with Gasteiger partial charge in [0, 0.05) is 12.5 Å². The highest BCUT2D eigenvalue weighted by molar-refractivity contribution is 5.80. The van der Waals surface area contributed by atoms with Gasteiger partial charge in [0.15, 0.2) is 0 Å². The van der Waals surface area contributed by atoms with Crippen molar-refractivity contribution in [2.45, 2.75) is 45.2 Å². The molecule has 0 spiro atoms. The smallest absolute Gasteiger partial charge is 0.234 e. The minimum atomic E-state index is -0.266. The summed E-state index contributed by atoms with van der Waals surface area (Å²) < 4.78 is 0. The summed E-state index contributed by atoms with van der Waals surface area (Å²) in [7, 11) is 0. The molecule has 0 bridgehead atoms. The van der Waals surface area contributed by atoms with Gasteiger partial charge in [-0.1, -0.05) is 0 Å². The van der Waals surface area contributed by atoms with Crippen molar-refractivity contribution in [3.63, 3.8) is 0 Å². The molecule has 80 valence electrons. The van der Waals surface area contributed by atoms with Crippen molar-refractivity contribution < 1.29 is 9.59 Å². The average molecular weight is 198 g/mol. The van der Waals surface area contributed by atoms with E-state index >= 15 is 0 Å². The molecule has 0 aromatic carbocycles. The monoisotopic (exact) mass is 198 g/mol. The van der Waals surface area contributed by atoms with Gasteiger partial charge in [-0.2, -0.15) is 0 Å². The van der Waals surface area contributed by atoms with Crippen LogP contribution < -0.4 is 5.73 Å². The van der Waals surface area contributed by atoms with Crippen LogP contribution in [0, 0.1) is 0 Å². The van der Waals surface area contributed by atoms with Crippen molar-refractivity contribution in [3.8, 4) is 0 Å². The van der Waals surface area contributed by atoms with Crippen LogP contribution >= 0.6 is 0 Å². The molecule has 0 saturated carbocycles. The Balaban J connectivity index is 2.57. The van der Waals surface area contributed by atoms with Crippen LogP contribution in [-0.2, 0) is 9.59 Å². The van der Waals surface area contributed by atoms with Gasteiger partial charge in [0.25, 0.3) is 0 Å². The van der Waals surface area contributed by atoms with Crippen LogP contribution in [0.3, 0.4) is 0 Å². The number of hydrogen-bond donors (Lipinski definition) is 1. The number of carbonyl (C=O) groups excluding carboxylic acids is 2. The molecule has 0 aromatic heterocycles. The van der Waals surface area contributed by atoms with E-state index in [1.54, 1.807) is 6.92 Å². The molecule has 0 radical (unpaired) electrons. The molecule has 0 aromatic rings. The first kappa shape index (κ1) is 11.2. The molecule has 2 unspecified atom stereocenters. The molecule has 2 atom stereocenters. The van der Waals surface area contributed by atoms with Crippen LogP contribution in [-0.4, -0.2) is 35.2 Å². The first-order valence-corrected chi connectivity index (χ1v) is 5.07. The molecule has 1 saturated heterocycles. The lowest BCUT2D eigenvalue weighted by molar-refractivity contribution is -0.124. The number of ketones is 1. The lowest BCUT2D eigenvalue weighted by atomic mass is 10.1. The molecular formula is C10H18N2O2. The van der Waals surface area contributed by atoms with Crippen LogP contribution in [0.15, 0.2) is 0 Å². The summed E-state index contributed by atoms with van der Waals surface area (Å²) in [6.07, 6.45) is 2.33. The maximum absolute atomic E-state index is 11.1. The molecule has 1 heterocycles. The number of hydrogen-bond acceptors (Lipinski definition) is 3. The molecule has 1 rings (SSSR count). The Morgan fingerprint density at radius 2 is 2.21 bits per heavy atom. The highest BCUT2D eigenvalue weighted by atomic mass is 16.1. The maximum atomic E-state index is 11.1. The second-order valence-corrected chi connectivity index (χ2v) is 4.05. The van der Waals surface area contributed by atoms with Crippen LogP contribution in [0.5, 0.6) is 0 Å². The van der Waals surface area contributed by atoms with Gasteiger partial charge in [0.2, 0.25) is 5.91 Å². The second kappa shape index (κ2) is 4.55. The van der Waals surface area contributed by atoms with Gasteiger partial charge in [-0.05, 0) is 33.2 Å². The van der Waals surface area contributed by atoms with Gasteiger partial charge in [-0.3, -0.25) is 14.5 Å². The van der Waals surface area contributed by atoms with Gasteiger partial charge in [0.05, 0.1) is 6.04 Å². The Hall–Kier alpha value is -0.900. The number of carbonyl (C=O) groups is 2. The summed E-state index contributed by atoms with van der Waals surface area (Å²) in [5, 5.41) is 0. The quantitative estimate of drug-likeness (QED) is 0.706. The molecule has 0 aliphatic carbocycles. The van der Waals surface area contributed by atoms with Gasteiger partial charge >= 0.3 is 0 Å². The summed E-state index contributed by atoms with van der Waals surface area (Å²) in [6, 6.07) is -0.0307. The zero-order chi connectivity index (χ0) is 10.7. The molecule has 1 aliphatic rings. The van der Waals surface area contributed by atoms with Gasteiger partial charge in [-0.25, -0.2) is 0 Å². The van der Waals surface area contributed by atoms with E-state index in [4.69, 9.17) is 5.73 Å². The number of nitrogens with zero attached hydrogens (tertiary/aromatic N) is 1. The third kappa shape index (κ3) is 2.54. The van der Waals surface area contributed by atoms with E-state index in [-0.39, 0.29) is 23.8 Å². The molecule has 1 aliphatic heterocycles. The average Bonchev–Trinajstić information content (AvgIpc) is 2.49. The molecule has 4 heteroatoms. The van der Waals surface area contributed by atoms with E-state index in [0.717, 1.165) is 19.4 Å². The zero-order valence-corrected chi connectivity index (χ0v) is 8.82. The first-order chi connectivity index (χ1) is 6.52. The van der Waals surface area contributed by atoms with Gasteiger partial charge in [-0.15, -0.1) is 0 Å². The van der Waals surface area contributed by atoms with E-state index in [2.05, 4.69) is 0 Å². The minimum Gasteiger partial charge on any atom is -0.368 e. The van der Waals surface area contributed by atoms with Crippen molar-refractivity contribution in [3.05, 3.63) is 0 Å². The van der Waals surface area contributed by atoms with Crippen LogP contribution in [0.4, 0.5) is 0 Å². The number of amides is 1. The predicted octanol–water partition coefficient (Wildman–Crippen LogP) is 0.304. The first-order valence-electron chi connectivity index (χ1n) is 5.07. The molecule has 1 fully saturated rings. The molecule has 2 N–H and O–H groups in total. The highest BCUT2D eigenvalue weighted by Gasteiger charge is 2.32. The topological polar surface area (TPSA) is 63.4 Å². The van der Waals surface area contributed by atoms with Crippen molar-refractivity contribution in [1.29, 1.82) is 0 Å². The number of primary amides is 1. The summed E-state index contributed by atoms with van der Waals surface area (Å²) in [5.74, 6) is -0.106. The van der Waals surface area contributed by atoms with Crippen LogP contribution in [0.25, 0.3) is 0 Å². The number of likely N-dealkylation sites (tertiary alicyclic amines) is 1. The van der Waals surface area contributed by atoms with E-state index in [9.17, 15) is 9.59 Å². The molecule has 14 heavy (non-hydrogen) atoms. The predicted molar refractivity (Wildman–Crippen MR) is 53.7 cm³/mol. The summed E-state index contributed by atoms with van der Waals surface area (Å²) in [6.45, 7) is 4.43. The van der Waals surface area contributed by atoms with E-state index in [1.165, 1.54) is 0 Å². The van der Waals surface area contributed by atoms with Crippen molar-refractivity contribution in [2.24, 2.45) is 5.73 Å². The van der Waals surface area contributed by atoms with Crippen LogP contribution in [0.2, 0.25) is 0 Å². The van der Waals surface area contributed by atoms with Crippen LogP contribution in [0.1, 0.15) is 33.1 Å². The number of rotatable bonds is 4. The Kier molecular flexibility index (Phi) is 3.63. The molecule has 1 amide bonds. The minimum absolute atomic E-state index is 0.132. The lowest BCUT2D eigenvalue weighted by Gasteiger charge is -2.28. The number of Topliss-reactive ketones (excluding diaryl/α,β-unsaturated/α-hetero) is 1. The van der Waals surface area contributed by atoms with Crippen molar-refractivity contribution in [2.75, 3.05) is 6.54 Å². The summed E-state index contributed by atoms with van der Waals surface area (Å²) >= 11 is 0. The standard InChI is InChI=1S/C10H18N2O2/c1-7(6-8(2)13)12-5-3-4-9(12)10(11)14/h7,9H,3-6H2,1-2H3,(H2,11,14). The maximum Gasteiger partial charge on any atom is 0.234 e. The number of nitrogens with two attached hydrogens (primary N) is 1. The lowest BCUT2D eigenvalue weighted by Crippen LogP contribution is -2.45. The third-order valence-corrected chi connectivity index (χ3v) is 2.77. The van der Waals surface area contributed by atoms with Crippen molar-refractivity contribution in [1.82, 2.24) is 4.90 Å². The fourth-order valence-electron chi connectivity index (χ4n) is 2.16. The summed E-state index contributed by atoms with van der Waals surface area (Å²) in [4.78, 5) is 24.1. The highest BCUT2D eigenvalue weighted by Crippen LogP contribution is 2.21. The molecule has 4 nitrogen and oxygen atoms in total. The summed E-state index contributed by atoms with van der Waals surface area (Å²) in [5.41, 5.74) is 5.29. The zero-order valence-electron chi connectivity index (χ0n) is 8.82.